The molecule has 1 aromatic carbocycles. The van der Waals surface area contributed by atoms with Crippen LogP contribution in [-0.2, 0) is 0 Å². The van der Waals surface area contributed by atoms with E-state index in [1.54, 1.807) is 14.2 Å². The molecule has 6 nitrogen and oxygen atoms in total. The van der Waals surface area contributed by atoms with Crippen LogP contribution in [0.25, 0.3) is 16.7 Å². The second kappa shape index (κ2) is 5.72. The Kier molecular flexibility index (Phi) is 3.73. The van der Waals surface area contributed by atoms with Crippen molar-refractivity contribution in [1.82, 2.24) is 14.5 Å². The number of rotatable bonds is 3. The van der Waals surface area contributed by atoms with E-state index in [0.717, 1.165) is 16.9 Å². The van der Waals surface area contributed by atoms with Crippen LogP contribution >= 0.6 is 0 Å². The topological polar surface area (TPSA) is 69.0 Å². The molecule has 2 heterocycles. The highest BCUT2D eigenvalue weighted by atomic mass is 16.5. The molecule has 0 aliphatic carbocycles. The first-order valence-corrected chi connectivity index (χ1v) is 7.29. The molecule has 0 atom stereocenters. The third-order valence-corrected chi connectivity index (χ3v) is 3.75. The van der Waals surface area contributed by atoms with Crippen LogP contribution in [0, 0.1) is 13.8 Å². The number of anilines is 1. The number of aromatic nitrogens is 3. The zero-order valence-electron chi connectivity index (χ0n) is 13.5. The van der Waals surface area contributed by atoms with Crippen LogP contribution in [0.1, 0.15) is 11.3 Å². The Hall–Kier alpha value is -2.89. The van der Waals surface area contributed by atoms with Gasteiger partial charge in [0.2, 0.25) is 0 Å². The minimum absolute atomic E-state index is 0.378. The van der Waals surface area contributed by atoms with E-state index in [9.17, 15) is 4.79 Å². The molecule has 3 aromatic rings. The smallest absolute Gasteiger partial charge is 0.355 e. The molecule has 2 aromatic heterocycles. The molecule has 0 fully saturated rings. The monoisotopic (exact) mass is 310 g/mol. The number of methoxy groups -OCH3 is 1. The molecule has 0 saturated heterocycles. The number of fused-ring (bicyclic) bond motifs is 1. The van der Waals surface area contributed by atoms with Gasteiger partial charge in [-0.25, -0.2) is 14.3 Å². The molecule has 0 radical (unpaired) electrons. The predicted molar refractivity (Wildman–Crippen MR) is 90.7 cm³/mol. The Balaban J connectivity index is 2.53. The van der Waals surface area contributed by atoms with Gasteiger partial charge in [0.15, 0.2) is 5.65 Å². The van der Waals surface area contributed by atoms with E-state index in [-0.39, 0.29) is 5.69 Å². The van der Waals surface area contributed by atoms with Gasteiger partial charge in [0, 0.05) is 18.8 Å². The number of aryl methyl sites for hydroxylation is 2. The SMILES string of the molecule is CNc1nc(=O)n(-c2ccccc2C)c2nc(C)cc(OC)c12. The number of nitrogens with zero attached hydrogens (tertiary/aromatic N) is 3. The van der Waals surface area contributed by atoms with Crippen LogP contribution in [0.4, 0.5) is 5.82 Å². The molecule has 0 bridgehead atoms. The standard InChI is InChI=1S/C17H18N4O2/c1-10-7-5-6-8-12(10)21-16-14(15(18-3)20-17(21)22)13(23-4)9-11(2)19-16/h5-9H,1-4H3,(H,18,20,22). The van der Waals surface area contributed by atoms with E-state index in [1.165, 1.54) is 4.57 Å². The molecule has 0 aliphatic rings. The number of ether oxygens (including phenoxy) is 1. The summed E-state index contributed by atoms with van der Waals surface area (Å²) in [5, 5.41) is 3.64. The zero-order valence-corrected chi connectivity index (χ0v) is 13.5. The Morgan fingerprint density at radius 3 is 2.57 bits per heavy atom. The number of hydrogen-bond acceptors (Lipinski definition) is 5. The van der Waals surface area contributed by atoms with Crippen molar-refractivity contribution in [3.63, 3.8) is 0 Å². The summed E-state index contributed by atoms with van der Waals surface area (Å²) in [6, 6.07) is 9.48. The van der Waals surface area contributed by atoms with E-state index in [0.29, 0.717) is 22.6 Å². The minimum atomic E-state index is -0.378. The summed E-state index contributed by atoms with van der Waals surface area (Å²) in [7, 11) is 3.31. The lowest BCUT2D eigenvalue weighted by Gasteiger charge is -2.16. The van der Waals surface area contributed by atoms with Crippen molar-refractivity contribution < 1.29 is 4.74 Å². The van der Waals surface area contributed by atoms with Crippen LogP contribution in [0.15, 0.2) is 35.1 Å². The second-order valence-corrected chi connectivity index (χ2v) is 5.28. The maximum absolute atomic E-state index is 12.6. The molecule has 6 heteroatoms. The van der Waals surface area contributed by atoms with Crippen molar-refractivity contribution in [3.05, 3.63) is 52.1 Å². The minimum Gasteiger partial charge on any atom is -0.496 e. The van der Waals surface area contributed by atoms with Gasteiger partial charge in [-0.1, -0.05) is 18.2 Å². The molecule has 0 spiro atoms. The maximum atomic E-state index is 12.6. The fraction of sp³-hybridized carbons (Fsp3) is 0.235. The van der Waals surface area contributed by atoms with E-state index in [4.69, 9.17) is 4.74 Å². The first-order valence-electron chi connectivity index (χ1n) is 7.29. The molecule has 3 rings (SSSR count). The molecule has 1 N–H and O–H groups in total. The summed E-state index contributed by atoms with van der Waals surface area (Å²) in [6.07, 6.45) is 0. The van der Waals surface area contributed by atoms with Gasteiger partial charge in [-0.15, -0.1) is 0 Å². The van der Waals surface area contributed by atoms with Crippen molar-refractivity contribution in [2.75, 3.05) is 19.5 Å². The highest BCUT2D eigenvalue weighted by Crippen LogP contribution is 2.30. The van der Waals surface area contributed by atoms with Crippen LogP contribution in [-0.4, -0.2) is 28.7 Å². The van der Waals surface area contributed by atoms with Crippen LogP contribution in [0.5, 0.6) is 5.75 Å². The van der Waals surface area contributed by atoms with E-state index in [2.05, 4.69) is 15.3 Å². The number of nitrogens with one attached hydrogen (secondary N) is 1. The van der Waals surface area contributed by atoms with E-state index >= 15 is 0 Å². The van der Waals surface area contributed by atoms with Crippen molar-refractivity contribution in [1.29, 1.82) is 0 Å². The highest BCUT2D eigenvalue weighted by Gasteiger charge is 2.18. The summed E-state index contributed by atoms with van der Waals surface area (Å²) in [5.41, 5.74) is 2.65. The molecular formula is C17H18N4O2. The van der Waals surface area contributed by atoms with Crippen molar-refractivity contribution >= 4 is 16.9 Å². The first kappa shape index (κ1) is 15.0. The lowest BCUT2D eigenvalue weighted by molar-refractivity contribution is 0.419. The summed E-state index contributed by atoms with van der Waals surface area (Å²) >= 11 is 0. The molecule has 0 amide bonds. The fourth-order valence-electron chi connectivity index (χ4n) is 2.68. The lowest BCUT2D eigenvalue weighted by atomic mass is 10.2. The van der Waals surface area contributed by atoms with Gasteiger partial charge < -0.3 is 10.1 Å². The fourth-order valence-corrected chi connectivity index (χ4v) is 2.68. The Morgan fingerprint density at radius 2 is 1.91 bits per heavy atom. The molecular weight excluding hydrogens is 292 g/mol. The largest absolute Gasteiger partial charge is 0.496 e. The average Bonchev–Trinajstić information content (AvgIpc) is 2.54. The molecule has 23 heavy (non-hydrogen) atoms. The molecule has 0 saturated carbocycles. The van der Waals surface area contributed by atoms with Gasteiger partial charge in [0.1, 0.15) is 17.0 Å². The zero-order chi connectivity index (χ0) is 16.6. The normalized spacial score (nSPS) is 10.8. The van der Waals surface area contributed by atoms with Gasteiger partial charge in [0.25, 0.3) is 0 Å². The Morgan fingerprint density at radius 1 is 1.17 bits per heavy atom. The van der Waals surface area contributed by atoms with Crippen molar-refractivity contribution in [3.8, 4) is 11.4 Å². The molecule has 0 aliphatic heterocycles. The highest BCUT2D eigenvalue weighted by molar-refractivity contribution is 5.93. The summed E-state index contributed by atoms with van der Waals surface area (Å²) < 4.78 is 7.01. The number of benzene rings is 1. The van der Waals surface area contributed by atoms with Gasteiger partial charge in [0.05, 0.1) is 12.8 Å². The number of hydrogen-bond donors (Lipinski definition) is 1. The Labute approximate surface area is 133 Å². The van der Waals surface area contributed by atoms with Gasteiger partial charge in [-0.2, -0.15) is 4.98 Å². The maximum Gasteiger partial charge on any atom is 0.355 e. The van der Waals surface area contributed by atoms with Crippen LogP contribution in [0.2, 0.25) is 0 Å². The number of para-hydroxylation sites is 1. The first-order chi connectivity index (χ1) is 11.1. The van der Waals surface area contributed by atoms with Gasteiger partial charge >= 0.3 is 5.69 Å². The van der Waals surface area contributed by atoms with E-state index in [1.807, 2.05) is 44.2 Å². The molecule has 118 valence electrons. The van der Waals surface area contributed by atoms with Gasteiger partial charge in [-0.3, -0.25) is 0 Å². The number of pyridine rings is 1. The third kappa shape index (κ3) is 2.42. The van der Waals surface area contributed by atoms with E-state index < -0.39 is 0 Å². The van der Waals surface area contributed by atoms with Crippen molar-refractivity contribution in [2.24, 2.45) is 0 Å². The average molecular weight is 310 g/mol. The predicted octanol–water partition coefficient (Wildman–Crippen LogP) is 2.45. The summed E-state index contributed by atoms with van der Waals surface area (Å²) in [5.74, 6) is 1.09. The summed E-state index contributed by atoms with van der Waals surface area (Å²) in [4.78, 5) is 21.3. The summed E-state index contributed by atoms with van der Waals surface area (Å²) in [6.45, 7) is 3.82. The van der Waals surface area contributed by atoms with Gasteiger partial charge in [-0.05, 0) is 25.5 Å². The Bertz CT molecular complexity index is 947. The van der Waals surface area contributed by atoms with Crippen LogP contribution in [0.3, 0.4) is 0 Å². The third-order valence-electron chi connectivity index (χ3n) is 3.75. The lowest BCUT2D eigenvalue weighted by Crippen LogP contribution is -2.24. The quantitative estimate of drug-likeness (QED) is 0.804. The molecule has 0 unspecified atom stereocenters. The van der Waals surface area contributed by atoms with Crippen molar-refractivity contribution in [2.45, 2.75) is 13.8 Å². The van der Waals surface area contributed by atoms with Crippen LogP contribution < -0.4 is 15.7 Å². The second-order valence-electron chi connectivity index (χ2n) is 5.28.